The summed E-state index contributed by atoms with van der Waals surface area (Å²) in [4.78, 5) is 12.8. The van der Waals surface area contributed by atoms with E-state index in [2.05, 4.69) is 0 Å². The lowest BCUT2D eigenvalue weighted by Crippen LogP contribution is -2.10. The van der Waals surface area contributed by atoms with Gasteiger partial charge in [0.1, 0.15) is 18.1 Å². The van der Waals surface area contributed by atoms with Gasteiger partial charge in [-0.15, -0.1) is 0 Å². The van der Waals surface area contributed by atoms with Crippen molar-refractivity contribution in [2.24, 2.45) is 0 Å². The van der Waals surface area contributed by atoms with Gasteiger partial charge in [-0.3, -0.25) is 4.79 Å². The summed E-state index contributed by atoms with van der Waals surface area (Å²) < 4.78 is 89.5. The Balaban J connectivity index is 1.61. The second-order valence-electron chi connectivity index (χ2n) is 7.46. The molecule has 0 aliphatic carbocycles. The number of ether oxygens (including phenoxy) is 4. The molecule has 0 aromatic heterocycles. The summed E-state index contributed by atoms with van der Waals surface area (Å²) in [6, 6.07) is 7.74. The largest absolute Gasteiger partial charge is 0.493 e. The SMILES string of the molecule is COc1ccc(/C=C2\Oc3c(ccc(OCc4c(F)c(F)c(F)c(F)c4F)c3C)C2=O)cc1OC. The molecule has 0 fully saturated rings. The van der Waals surface area contributed by atoms with E-state index >= 15 is 0 Å². The highest BCUT2D eigenvalue weighted by Gasteiger charge is 2.31. The highest BCUT2D eigenvalue weighted by Crippen LogP contribution is 2.40. The molecular formula is C25H17F5O5. The van der Waals surface area contributed by atoms with Crippen molar-refractivity contribution in [1.29, 1.82) is 0 Å². The second-order valence-corrected chi connectivity index (χ2v) is 7.46. The summed E-state index contributed by atoms with van der Waals surface area (Å²) >= 11 is 0. The van der Waals surface area contributed by atoms with Crippen LogP contribution in [0.4, 0.5) is 22.0 Å². The minimum Gasteiger partial charge on any atom is -0.493 e. The van der Waals surface area contributed by atoms with E-state index in [1.54, 1.807) is 18.2 Å². The molecule has 3 aromatic rings. The number of Topliss-reactive ketones (excluding diaryl/α,β-unsaturated/α-hetero) is 1. The first kappa shape index (κ1) is 24.1. The van der Waals surface area contributed by atoms with Crippen molar-refractivity contribution in [3.8, 4) is 23.0 Å². The number of hydrogen-bond donors (Lipinski definition) is 0. The molecule has 3 aromatic carbocycles. The highest BCUT2D eigenvalue weighted by molar-refractivity contribution is 6.15. The number of carbonyl (C=O) groups is 1. The summed E-state index contributed by atoms with van der Waals surface area (Å²) in [7, 11) is 2.96. The number of allylic oxidation sites excluding steroid dienone is 1. The Morgan fingerprint density at radius 1 is 0.829 bits per heavy atom. The molecule has 0 amide bonds. The average Bonchev–Trinajstić information content (AvgIpc) is 3.18. The van der Waals surface area contributed by atoms with Crippen LogP contribution in [-0.4, -0.2) is 20.0 Å². The van der Waals surface area contributed by atoms with Crippen LogP contribution in [0.25, 0.3) is 6.08 Å². The monoisotopic (exact) mass is 492 g/mol. The summed E-state index contributed by atoms with van der Waals surface area (Å²) in [5.74, 6) is -9.61. The fourth-order valence-electron chi connectivity index (χ4n) is 3.55. The number of halogens is 5. The second kappa shape index (κ2) is 9.28. The summed E-state index contributed by atoms with van der Waals surface area (Å²) in [5.41, 5.74) is -0.000167. The first-order valence-electron chi connectivity index (χ1n) is 10.1. The zero-order valence-corrected chi connectivity index (χ0v) is 18.6. The number of hydrogen-bond acceptors (Lipinski definition) is 5. The lowest BCUT2D eigenvalue weighted by molar-refractivity contribution is 0.101. The molecule has 182 valence electrons. The van der Waals surface area contributed by atoms with Crippen LogP contribution < -0.4 is 18.9 Å². The molecule has 0 saturated heterocycles. The summed E-state index contributed by atoms with van der Waals surface area (Å²) in [5, 5.41) is 0. The molecule has 1 aliphatic rings. The average molecular weight is 492 g/mol. The number of benzene rings is 3. The third-order valence-electron chi connectivity index (χ3n) is 5.41. The Hall–Kier alpha value is -4.08. The number of fused-ring (bicyclic) bond motifs is 1. The predicted octanol–water partition coefficient (Wildman–Crippen LogP) is 5.90. The van der Waals surface area contributed by atoms with Crippen molar-refractivity contribution >= 4 is 11.9 Å². The van der Waals surface area contributed by atoms with Crippen LogP contribution in [0.3, 0.4) is 0 Å². The molecule has 0 atom stereocenters. The maximum atomic E-state index is 13.9. The van der Waals surface area contributed by atoms with Crippen molar-refractivity contribution in [2.45, 2.75) is 13.5 Å². The van der Waals surface area contributed by atoms with Crippen molar-refractivity contribution < 1.29 is 45.7 Å². The van der Waals surface area contributed by atoms with Gasteiger partial charge in [-0.25, -0.2) is 22.0 Å². The van der Waals surface area contributed by atoms with E-state index in [4.69, 9.17) is 18.9 Å². The van der Waals surface area contributed by atoms with E-state index in [-0.39, 0.29) is 22.8 Å². The normalized spacial score (nSPS) is 13.6. The van der Waals surface area contributed by atoms with E-state index in [1.165, 1.54) is 39.4 Å². The van der Waals surface area contributed by atoms with Crippen LogP contribution >= 0.6 is 0 Å². The van der Waals surface area contributed by atoms with Gasteiger partial charge in [0.25, 0.3) is 0 Å². The molecule has 10 heteroatoms. The van der Waals surface area contributed by atoms with E-state index in [1.807, 2.05) is 0 Å². The fourth-order valence-corrected chi connectivity index (χ4v) is 3.55. The van der Waals surface area contributed by atoms with Crippen molar-refractivity contribution in [3.05, 3.63) is 87.4 Å². The minimum absolute atomic E-state index is 0.00670. The molecule has 1 heterocycles. The standard InChI is InChI=1S/C25H17F5O5/c1-11-15(34-10-14-19(26)21(28)23(30)22(29)20(14)27)7-5-13-24(31)18(35-25(11)13)9-12-4-6-16(32-2)17(8-12)33-3/h4-9H,10H2,1-3H3/b18-9-. The number of carbonyl (C=O) groups excluding carboxylic acids is 1. The smallest absolute Gasteiger partial charge is 0.231 e. The molecule has 0 saturated carbocycles. The zero-order valence-electron chi connectivity index (χ0n) is 18.6. The molecule has 0 radical (unpaired) electrons. The Kier molecular flexibility index (Phi) is 6.38. The van der Waals surface area contributed by atoms with Crippen molar-refractivity contribution in [2.75, 3.05) is 14.2 Å². The van der Waals surface area contributed by atoms with Gasteiger partial charge in [0.15, 0.2) is 40.5 Å². The van der Waals surface area contributed by atoms with Gasteiger partial charge in [-0.05, 0) is 42.8 Å². The van der Waals surface area contributed by atoms with Gasteiger partial charge in [0.05, 0.1) is 25.3 Å². The summed E-state index contributed by atoms with van der Waals surface area (Å²) in [6.07, 6.45) is 1.50. The molecule has 0 N–H and O–H groups in total. The number of rotatable bonds is 6. The van der Waals surface area contributed by atoms with Gasteiger partial charge < -0.3 is 18.9 Å². The Morgan fingerprint density at radius 2 is 1.43 bits per heavy atom. The van der Waals surface area contributed by atoms with Gasteiger partial charge in [0, 0.05) is 5.56 Å². The highest BCUT2D eigenvalue weighted by atomic mass is 19.2. The van der Waals surface area contributed by atoms with Gasteiger partial charge in [0.2, 0.25) is 11.6 Å². The third-order valence-corrected chi connectivity index (χ3v) is 5.41. The Morgan fingerprint density at radius 3 is 2.06 bits per heavy atom. The van der Waals surface area contributed by atoms with Crippen LogP contribution in [0.2, 0.25) is 0 Å². The molecular weight excluding hydrogens is 475 g/mol. The molecule has 1 aliphatic heterocycles. The van der Waals surface area contributed by atoms with E-state index < -0.39 is 47.0 Å². The lowest BCUT2D eigenvalue weighted by Gasteiger charge is -2.13. The number of ketones is 1. The van der Waals surface area contributed by atoms with Crippen molar-refractivity contribution in [1.82, 2.24) is 0 Å². The van der Waals surface area contributed by atoms with Crippen LogP contribution in [0, 0.1) is 36.0 Å². The summed E-state index contributed by atoms with van der Waals surface area (Å²) in [6.45, 7) is 0.590. The van der Waals surface area contributed by atoms with Crippen LogP contribution in [0.1, 0.15) is 27.0 Å². The molecule has 0 spiro atoms. The van der Waals surface area contributed by atoms with Gasteiger partial charge in [-0.2, -0.15) is 0 Å². The quantitative estimate of drug-likeness (QED) is 0.186. The van der Waals surface area contributed by atoms with Gasteiger partial charge >= 0.3 is 0 Å². The van der Waals surface area contributed by atoms with Crippen LogP contribution in [0.5, 0.6) is 23.0 Å². The fraction of sp³-hybridized carbons (Fsp3) is 0.160. The Bertz CT molecular complexity index is 1350. The van der Waals surface area contributed by atoms with E-state index in [0.29, 0.717) is 22.6 Å². The third kappa shape index (κ3) is 4.16. The van der Waals surface area contributed by atoms with Crippen LogP contribution in [-0.2, 0) is 6.61 Å². The topological polar surface area (TPSA) is 54.0 Å². The zero-order chi connectivity index (χ0) is 25.4. The predicted molar refractivity (Wildman–Crippen MR) is 114 cm³/mol. The Labute approximate surface area is 196 Å². The van der Waals surface area contributed by atoms with Crippen LogP contribution in [0.15, 0.2) is 36.1 Å². The van der Waals surface area contributed by atoms with E-state index in [9.17, 15) is 26.7 Å². The van der Waals surface area contributed by atoms with Crippen molar-refractivity contribution in [3.63, 3.8) is 0 Å². The molecule has 0 unspecified atom stereocenters. The lowest BCUT2D eigenvalue weighted by atomic mass is 10.1. The molecule has 35 heavy (non-hydrogen) atoms. The maximum Gasteiger partial charge on any atom is 0.231 e. The maximum absolute atomic E-state index is 13.9. The van der Waals surface area contributed by atoms with Gasteiger partial charge in [-0.1, -0.05) is 6.07 Å². The molecule has 0 bridgehead atoms. The molecule has 4 rings (SSSR count). The first-order chi connectivity index (χ1) is 16.7. The number of methoxy groups -OCH3 is 2. The first-order valence-corrected chi connectivity index (χ1v) is 10.1. The van der Waals surface area contributed by atoms with E-state index in [0.717, 1.165) is 0 Å². The molecule has 5 nitrogen and oxygen atoms in total. The minimum atomic E-state index is -2.25.